The molecule has 98 valence electrons. The van der Waals surface area contributed by atoms with Crippen molar-refractivity contribution in [1.82, 2.24) is 0 Å². The van der Waals surface area contributed by atoms with Gasteiger partial charge in [0, 0.05) is 6.42 Å². The van der Waals surface area contributed by atoms with Crippen LogP contribution in [0.1, 0.15) is 63.5 Å². The Bertz CT molecular complexity index is 404. The summed E-state index contributed by atoms with van der Waals surface area (Å²) in [6.45, 7) is 6.40. The van der Waals surface area contributed by atoms with E-state index in [4.69, 9.17) is 0 Å². The highest BCUT2D eigenvalue weighted by atomic mass is 16.1. The summed E-state index contributed by atoms with van der Waals surface area (Å²) in [6.07, 6.45) is 5.83. The van der Waals surface area contributed by atoms with Gasteiger partial charge in [-0.05, 0) is 55.1 Å². The molecular formula is C17H24O. The maximum Gasteiger partial charge on any atom is 0.134 e. The summed E-state index contributed by atoms with van der Waals surface area (Å²) < 4.78 is 0. The molecule has 1 heteroatoms. The molecule has 1 saturated carbocycles. The molecule has 0 aliphatic heterocycles. The lowest BCUT2D eigenvalue weighted by molar-refractivity contribution is -0.116. The lowest BCUT2D eigenvalue weighted by Gasteiger charge is -2.34. The summed E-state index contributed by atoms with van der Waals surface area (Å²) >= 11 is 0. The summed E-state index contributed by atoms with van der Waals surface area (Å²) in [5, 5.41) is 0. The van der Waals surface area contributed by atoms with Gasteiger partial charge in [0.15, 0.2) is 0 Å². The van der Waals surface area contributed by atoms with Crippen LogP contribution in [0.4, 0.5) is 0 Å². The van der Waals surface area contributed by atoms with Gasteiger partial charge >= 0.3 is 0 Å². The van der Waals surface area contributed by atoms with E-state index in [-0.39, 0.29) is 5.78 Å². The number of carbonyl (C=O) groups is 1. The van der Waals surface area contributed by atoms with Gasteiger partial charge in [-0.1, -0.05) is 38.1 Å². The molecule has 1 aliphatic carbocycles. The van der Waals surface area contributed by atoms with Crippen LogP contribution in [0.3, 0.4) is 0 Å². The maximum absolute atomic E-state index is 11.1. The first-order valence-electron chi connectivity index (χ1n) is 7.04. The molecule has 0 spiro atoms. The van der Waals surface area contributed by atoms with E-state index in [0.717, 1.165) is 11.5 Å². The van der Waals surface area contributed by atoms with E-state index in [0.29, 0.717) is 11.8 Å². The Kier molecular flexibility index (Phi) is 3.89. The van der Waals surface area contributed by atoms with Gasteiger partial charge in [-0.2, -0.15) is 0 Å². The molecule has 0 heterocycles. The average Bonchev–Trinajstić information content (AvgIpc) is 2.30. The molecule has 2 rings (SSSR count). The maximum atomic E-state index is 11.1. The molecule has 1 fully saturated rings. The van der Waals surface area contributed by atoms with Gasteiger partial charge in [-0.25, -0.2) is 0 Å². The summed E-state index contributed by atoms with van der Waals surface area (Å²) in [4.78, 5) is 11.1. The van der Waals surface area contributed by atoms with Crippen LogP contribution in [0, 0.1) is 5.41 Å². The van der Waals surface area contributed by atoms with Crippen molar-refractivity contribution < 1.29 is 4.79 Å². The van der Waals surface area contributed by atoms with Crippen molar-refractivity contribution >= 4 is 5.78 Å². The molecule has 1 nitrogen and oxygen atoms in total. The highest BCUT2D eigenvalue weighted by molar-refractivity contribution is 5.78. The van der Waals surface area contributed by atoms with Gasteiger partial charge in [-0.15, -0.1) is 0 Å². The third-order valence-electron chi connectivity index (χ3n) is 4.24. The molecule has 1 aromatic carbocycles. The van der Waals surface area contributed by atoms with E-state index in [1.165, 1.54) is 31.2 Å². The minimum absolute atomic E-state index is 0.238. The Balaban J connectivity index is 2.00. The van der Waals surface area contributed by atoms with Crippen molar-refractivity contribution in [3.63, 3.8) is 0 Å². The van der Waals surface area contributed by atoms with Crippen LogP contribution in [0.15, 0.2) is 24.3 Å². The second-order valence-electron chi connectivity index (χ2n) is 6.56. The molecule has 0 bridgehead atoms. The highest BCUT2D eigenvalue weighted by Gasteiger charge is 2.27. The fourth-order valence-corrected chi connectivity index (χ4v) is 2.93. The van der Waals surface area contributed by atoms with Crippen LogP contribution < -0.4 is 0 Å². The molecule has 0 N–H and O–H groups in total. The van der Waals surface area contributed by atoms with Crippen molar-refractivity contribution in [2.24, 2.45) is 5.41 Å². The van der Waals surface area contributed by atoms with Crippen LogP contribution in [-0.4, -0.2) is 5.78 Å². The quantitative estimate of drug-likeness (QED) is 0.765. The number of hydrogen-bond acceptors (Lipinski definition) is 1. The molecule has 0 saturated heterocycles. The lowest BCUT2D eigenvalue weighted by atomic mass is 9.71. The van der Waals surface area contributed by atoms with Crippen LogP contribution >= 0.6 is 0 Å². The zero-order chi connectivity index (χ0) is 13.2. The second-order valence-corrected chi connectivity index (χ2v) is 6.56. The first kappa shape index (κ1) is 13.3. The summed E-state index contributed by atoms with van der Waals surface area (Å²) in [5.74, 6) is 0.964. The largest absolute Gasteiger partial charge is 0.300 e. The van der Waals surface area contributed by atoms with Crippen LogP contribution in [0.25, 0.3) is 0 Å². The average molecular weight is 244 g/mol. The number of rotatable bonds is 3. The summed E-state index contributed by atoms with van der Waals surface area (Å²) in [6, 6.07) is 8.69. The minimum Gasteiger partial charge on any atom is -0.300 e. The molecule has 0 aromatic heterocycles. The first-order valence-corrected chi connectivity index (χ1v) is 7.04. The van der Waals surface area contributed by atoms with E-state index in [9.17, 15) is 4.79 Å². The smallest absolute Gasteiger partial charge is 0.134 e. The standard InChI is InChI=1S/C17H24O/c1-13(18)12-14-4-6-15(7-5-14)16-8-10-17(2,3)11-9-16/h4-7,16H,8-12H2,1-3H3. The molecule has 0 amide bonds. The Morgan fingerprint density at radius 3 is 2.22 bits per heavy atom. The minimum atomic E-state index is 0.238. The fraction of sp³-hybridized carbons (Fsp3) is 0.588. The Morgan fingerprint density at radius 1 is 1.17 bits per heavy atom. The fourth-order valence-electron chi connectivity index (χ4n) is 2.93. The second kappa shape index (κ2) is 5.26. The van der Waals surface area contributed by atoms with E-state index in [1.54, 1.807) is 6.92 Å². The topological polar surface area (TPSA) is 17.1 Å². The number of Topliss-reactive ketones (excluding diaryl/α,β-unsaturated/α-hetero) is 1. The normalized spacial score (nSPS) is 19.7. The monoisotopic (exact) mass is 244 g/mol. The molecule has 1 aliphatic rings. The molecule has 0 atom stereocenters. The van der Waals surface area contributed by atoms with Gasteiger partial charge in [0.1, 0.15) is 5.78 Å². The third-order valence-corrected chi connectivity index (χ3v) is 4.24. The predicted molar refractivity (Wildman–Crippen MR) is 75.8 cm³/mol. The van der Waals surface area contributed by atoms with Crippen molar-refractivity contribution in [2.45, 2.75) is 58.8 Å². The van der Waals surface area contributed by atoms with Crippen LogP contribution in [0.5, 0.6) is 0 Å². The van der Waals surface area contributed by atoms with Gasteiger partial charge in [0.25, 0.3) is 0 Å². The van der Waals surface area contributed by atoms with Crippen molar-refractivity contribution in [1.29, 1.82) is 0 Å². The zero-order valence-electron chi connectivity index (χ0n) is 11.8. The van der Waals surface area contributed by atoms with Gasteiger partial charge in [-0.3, -0.25) is 4.79 Å². The summed E-state index contributed by atoms with van der Waals surface area (Å²) in [5.41, 5.74) is 3.13. The van der Waals surface area contributed by atoms with Crippen molar-refractivity contribution in [3.8, 4) is 0 Å². The predicted octanol–water partition coefficient (Wildman–Crippen LogP) is 4.50. The number of benzene rings is 1. The molecular weight excluding hydrogens is 220 g/mol. The van der Waals surface area contributed by atoms with Gasteiger partial charge in [0.05, 0.1) is 0 Å². The number of ketones is 1. The zero-order valence-corrected chi connectivity index (χ0v) is 11.8. The van der Waals surface area contributed by atoms with E-state index >= 15 is 0 Å². The Morgan fingerprint density at radius 2 is 1.72 bits per heavy atom. The van der Waals surface area contributed by atoms with E-state index in [2.05, 4.69) is 38.1 Å². The van der Waals surface area contributed by atoms with Gasteiger partial charge < -0.3 is 0 Å². The number of carbonyl (C=O) groups excluding carboxylic acids is 1. The summed E-state index contributed by atoms with van der Waals surface area (Å²) in [7, 11) is 0. The Labute approximate surface area is 111 Å². The van der Waals surface area contributed by atoms with Crippen molar-refractivity contribution in [3.05, 3.63) is 35.4 Å². The SMILES string of the molecule is CC(=O)Cc1ccc(C2CCC(C)(C)CC2)cc1. The highest BCUT2D eigenvalue weighted by Crippen LogP contribution is 2.42. The Hall–Kier alpha value is -1.11. The molecule has 1 aromatic rings. The molecule has 0 unspecified atom stereocenters. The third kappa shape index (κ3) is 3.44. The van der Waals surface area contributed by atoms with Gasteiger partial charge in [0.2, 0.25) is 0 Å². The van der Waals surface area contributed by atoms with Crippen LogP contribution in [0.2, 0.25) is 0 Å². The first-order chi connectivity index (χ1) is 8.46. The van der Waals surface area contributed by atoms with Crippen molar-refractivity contribution in [2.75, 3.05) is 0 Å². The van der Waals surface area contributed by atoms with Crippen LogP contribution in [-0.2, 0) is 11.2 Å². The van der Waals surface area contributed by atoms with E-state index < -0.39 is 0 Å². The molecule has 0 radical (unpaired) electrons. The lowest BCUT2D eigenvalue weighted by Crippen LogP contribution is -2.20. The van der Waals surface area contributed by atoms with E-state index in [1.807, 2.05) is 0 Å². The molecule has 18 heavy (non-hydrogen) atoms. The number of hydrogen-bond donors (Lipinski definition) is 0.